The first-order valence-corrected chi connectivity index (χ1v) is 5.27. The second kappa shape index (κ2) is 3.70. The molecule has 0 fully saturated rings. The highest BCUT2D eigenvalue weighted by Crippen LogP contribution is 2.17. The number of rotatable bonds is 3. The lowest BCUT2D eigenvalue weighted by atomic mass is 10.2. The van der Waals surface area contributed by atoms with Gasteiger partial charge < -0.3 is 9.67 Å². The summed E-state index contributed by atoms with van der Waals surface area (Å²) in [6.45, 7) is 7.29. The van der Waals surface area contributed by atoms with Gasteiger partial charge in [-0.25, -0.2) is 4.52 Å². The third-order valence-electron chi connectivity index (χ3n) is 2.56. The van der Waals surface area contributed by atoms with Gasteiger partial charge in [-0.05, 0) is 12.8 Å². The minimum atomic E-state index is 0.0530. The lowest BCUT2D eigenvalue weighted by Gasteiger charge is -2.07. The Labute approximate surface area is 89.1 Å². The molecule has 2 aromatic heterocycles. The van der Waals surface area contributed by atoms with Crippen LogP contribution in [0, 0.1) is 12.8 Å². The number of aromatic nitrogens is 3. The highest BCUT2D eigenvalue weighted by Gasteiger charge is 2.12. The Morgan fingerprint density at radius 3 is 2.73 bits per heavy atom. The number of aryl methyl sites for hydroxylation is 1. The summed E-state index contributed by atoms with van der Waals surface area (Å²) in [4.78, 5) is 0. The molecule has 0 atom stereocenters. The number of hydrogen-bond acceptors (Lipinski definition) is 2. The summed E-state index contributed by atoms with van der Waals surface area (Å²) in [5.41, 5.74) is 2.86. The van der Waals surface area contributed by atoms with Crippen molar-refractivity contribution >= 4 is 5.65 Å². The fourth-order valence-electron chi connectivity index (χ4n) is 1.92. The molecule has 0 unspecified atom stereocenters. The zero-order chi connectivity index (χ0) is 11.0. The van der Waals surface area contributed by atoms with Crippen molar-refractivity contribution in [2.75, 3.05) is 0 Å². The molecule has 0 bridgehead atoms. The highest BCUT2D eigenvalue weighted by molar-refractivity contribution is 5.51. The summed E-state index contributed by atoms with van der Waals surface area (Å²) in [6, 6.07) is 0. The molecule has 2 rings (SSSR count). The molecule has 4 heteroatoms. The van der Waals surface area contributed by atoms with Crippen LogP contribution in [0.4, 0.5) is 0 Å². The van der Waals surface area contributed by atoms with E-state index in [1.807, 2.05) is 23.8 Å². The summed E-state index contributed by atoms with van der Waals surface area (Å²) >= 11 is 0. The minimum absolute atomic E-state index is 0.0530. The molecule has 0 saturated heterocycles. The second-order valence-corrected chi connectivity index (χ2v) is 4.33. The molecule has 0 aliphatic carbocycles. The molecule has 1 N–H and O–H groups in total. The molecule has 15 heavy (non-hydrogen) atoms. The molecule has 0 radical (unpaired) electrons. The first-order chi connectivity index (χ1) is 7.13. The molecule has 0 amide bonds. The first-order valence-electron chi connectivity index (χ1n) is 5.27. The number of hydrogen-bond donors (Lipinski definition) is 1. The Morgan fingerprint density at radius 2 is 2.13 bits per heavy atom. The summed E-state index contributed by atoms with van der Waals surface area (Å²) in [5, 5.41) is 13.7. The monoisotopic (exact) mass is 207 g/mol. The molecule has 0 spiro atoms. The number of aliphatic hydroxyl groups is 1. The number of fused-ring (bicyclic) bond motifs is 1. The van der Waals surface area contributed by atoms with E-state index in [-0.39, 0.29) is 6.61 Å². The fraction of sp³-hybridized carbons (Fsp3) is 0.545. The van der Waals surface area contributed by atoms with Gasteiger partial charge in [0.05, 0.1) is 12.3 Å². The van der Waals surface area contributed by atoms with Crippen molar-refractivity contribution in [3.8, 4) is 0 Å². The molecule has 0 aliphatic heterocycles. The van der Waals surface area contributed by atoms with Crippen LogP contribution in [0.3, 0.4) is 0 Å². The van der Waals surface area contributed by atoms with E-state index >= 15 is 0 Å². The largest absolute Gasteiger partial charge is 0.391 e. The van der Waals surface area contributed by atoms with Gasteiger partial charge in [-0.15, -0.1) is 0 Å². The lowest BCUT2D eigenvalue weighted by Crippen LogP contribution is -2.04. The lowest BCUT2D eigenvalue weighted by molar-refractivity contribution is 0.282. The zero-order valence-electron chi connectivity index (χ0n) is 9.44. The van der Waals surface area contributed by atoms with Crippen LogP contribution in [0.5, 0.6) is 0 Å². The van der Waals surface area contributed by atoms with Gasteiger partial charge in [-0.2, -0.15) is 5.10 Å². The smallest absolute Gasteiger partial charge is 0.141 e. The van der Waals surface area contributed by atoms with Crippen molar-refractivity contribution < 1.29 is 5.11 Å². The molecular weight excluding hydrogens is 190 g/mol. The maximum Gasteiger partial charge on any atom is 0.141 e. The van der Waals surface area contributed by atoms with Gasteiger partial charge in [-0.1, -0.05) is 13.8 Å². The Bertz CT molecular complexity index is 467. The number of aliphatic hydroxyl groups excluding tert-OH is 1. The van der Waals surface area contributed by atoms with E-state index < -0.39 is 0 Å². The molecule has 2 heterocycles. The summed E-state index contributed by atoms with van der Waals surface area (Å²) in [7, 11) is 0. The topological polar surface area (TPSA) is 42.5 Å². The quantitative estimate of drug-likeness (QED) is 0.830. The zero-order valence-corrected chi connectivity index (χ0v) is 9.44. The molecular formula is C11H17N3O. The summed E-state index contributed by atoms with van der Waals surface area (Å²) in [6.07, 6.45) is 3.95. The van der Waals surface area contributed by atoms with E-state index in [1.165, 1.54) is 0 Å². The average molecular weight is 207 g/mol. The van der Waals surface area contributed by atoms with Crippen molar-refractivity contribution in [1.29, 1.82) is 0 Å². The Kier molecular flexibility index (Phi) is 2.52. The molecule has 0 saturated carbocycles. The van der Waals surface area contributed by atoms with E-state index in [1.54, 1.807) is 0 Å². The Hall–Kier alpha value is -1.29. The van der Waals surface area contributed by atoms with E-state index in [0.717, 1.165) is 23.4 Å². The van der Waals surface area contributed by atoms with Gasteiger partial charge in [0.15, 0.2) is 0 Å². The standard InChI is InChI=1S/C11H17N3O/c1-8(2)6-13-4-5-14-11(13)10(7-15)9(3)12-14/h4-5,8,15H,6-7H2,1-3H3. The van der Waals surface area contributed by atoms with Gasteiger partial charge in [-0.3, -0.25) is 0 Å². The van der Waals surface area contributed by atoms with E-state index in [9.17, 15) is 5.11 Å². The first kappa shape index (κ1) is 10.2. The summed E-state index contributed by atoms with van der Waals surface area (Å²) in [5.74, 6) is 0.586. The van der Waals surface area contributed by atoms with Crippen LogP contribution in [-0.4, -0.2) is 19.3 Å². The van der Waals surface area contributed by atoms with Gasteiger partial charge in [0, 0.05) is 24.5 Å². The van der Waals surface area contributed by atoms with E-state index in [4.69, 9.17) is 0 Å². The molecule has 0 aliphatic rings. The second-order valence-electron chi connectivity index (χ2n) is 4.33. The van der Waals surface area contributed by atoms with Crippen LogP contribution in [-0.2, 0) is 13.2 Å². The van der Waals surface area contributed by atoms with Crippen LogP contribution in [0.2, 0.25) is 0 Å². The molecule has 4 nitrogen and oxygen atoms in total. The van der Waals surface area contributed by atoms with Crippen LogP contribution in [0.1, 0.15) is 25.1 Å². The predicted octanol–water partition coefficient (Wildman–Crippen LogP) is 1.59. The van der Waals surface area contributed by atoms with Gasteiger partial charge in [0.2, 0.25) is 0 Å². The Morgan fingerprint density at radius 1 is 1.40 bits per heavy atom. The molecule has 2 aromatic rings. The third-order valence-corrected chi connectivity index (χ3v) is 2.56. The highest BCUT2D eigenvalue weighted by atomic mass is 16.3. The van der Waals surface area contributed by atoms with Gasteiger partial charge >= 0.3 is 0 Å². The van der Waals surface area contributed by atoms with Crippen LogP contribution < -0.4 is 0 Å². The summed E-state index contributed by atoms with van der Waals surface area (Å²) < 4.78 is 3.99. The number of nitrogens with zero attached hydrogens (tertiary/aromatic N) is 3. The van der Waals surface area contributed by atoms with Crippen molar-refractivity contribution in [3.05, 3.63) is 23.7 Å². The SMILES string of the molecule is Cc1nn2ccn(CC(C)C)c2c1CO. The van der Waals surface area contributed by atoms with Gasteiger partial charge in [0.25, 0.3) is 0 Å². The van der Waals surface area contributed by atoms with Crippen molar-refractivity contribution in [3.63, 3.8) is 0 Å². The van der Waals surface area contributed by atoms with Crippen LogP contribution in [0.15, 0.2) is 12.4 Å². The van der Waals surface area contributed by atoms with Crippen molar-refractivity contribution in [2.45, 2.75) is 33.9 Å². The minimum Gasteiger partial charge on any atom is -0.391 e. The van der Waals surface area contributed by atoms with Crippen LogP contribution in [0.25, 0.3) is 5.65 Å². The molecule has 82 valence electrons. The van der Waals surface area contributed by atoms with E-state index in [2.05, 4.69) is 23.5 Å². The average Bonchev–Trinajstić information content (AvgIpc) is 2.65. The third kappa shape index (κ3) is 1.65. The fourth-order valence-corrected chi connectivity index (χ4v) is 1.92. The Balaban J connectivity index is 2.55. The maximum absolute atomic E-state index is 9.32. The van der Waals surface area contributed by atoms with Crippen LogP contribution >= 0.6 is 0 Å². The predicted molar refractivity (Wildman–Crippen MR) is 58.7 cm³/mol. The van der Waals surface area contributed by atoms with E-state index in [0.29, 0.717) is 5.92 Å². The van der Waals surface area contributed by atoms with Crippen molar-refractivity contribution in [2.24, 2.45) is 5.92 Å². The van der Waals surface area contributed by atoms with Gasteiger partial charge in [0.1, 0.15) is 5.65 Å². The molecule has 0 aromatic carbocycles. The number of imidazole rings is 1. The normalized spacial score (nSPS) is 11.8. The van der Waals surface area contributed by atoms with Crippen molar-refractivity contribution in [1.82, 2.24) is 14.2 Å². The maximum atomic E-state index is 9.32.